The molecule has 1 aromatic carbocycles. The summed E-state index contributed by atoms with van der Waals surface area (Å²) in [4.78, 5) is 25.3. The van der Waals surface area contributed by atoms with Crippen LogP contribution in [0.25, 0.3) is 0 Å². The molecule has 0 spiro atoms. The van der Waals surface area contributed by atoms with Crippen molar-refractivity contribution in [3.05, 3.63) is 35.9 Å². The molecule has 6 heteroatoms. The van der Waals surface area contributed by atoms with Gasteiger partial charge in [-0.05, 0) is 55.9 Å². The topological polar surface area (TPSA) is 68.2 Å². The number of imide groups is 1. The first-order valence-corrected chi connectivity index (χ1v) is 9.13. The lowest BCUT2D eigenvalue weighted by atomic mass is 9.85. The molecule has 1 saturated carbocycles. The summed E-state index contributed by atoms with van der Waals surface area (Å²) in [5, 5.41) is 5.25. The minimum absolute atomic E-state index is 0.177. The zero-order valence-corrected chi connectivity index (χ0v) is 14.9. The Morgan fingerprint density at radius 3 is 2.27 bits per heavy atom. The molecule has 6 nitrogen and oxygen atoms in total. The summed E-state index contributed by atoms with van der Waals surface area (Å²) >= 11 is 0. The lowest BCUT2D eigenvalue weighted by Gasteiger charge is -2.13. The Morgan fingerprint density at radius 2 is 1.65 bits per heavy atom. The number of allylic oxidation sites excluding steroid dienone is 2. The third-order valence-electron chi connectivity index (χ3n) is 5.34. The largest absolute Gasteiger partial charge is 0.490 e. The molecular weight excluding hydrogens is 332 g/mol. The summed E-state index contributed by atoms with van der Waals surface area (Å²) in [5.74, 6) is 0.859. The minimum atomic E-state index is -0.228. The maximum Gasteiger partial charge on any atom is 0.254 e. The van der Waals surface area contributed by atoms with Gasteiger partial charge in [-0.1, -0.05) is 12.2 Å². The summed E-state index contributed by atoms with van der Waals surface area (Å²) in [6.07, 6.45) is 6.60. The first kappa shape index (κ1) is 16.8. The highest BCUT2D eigenvalue weighted by Crippen LogP contribution is 2.52. The van der Waals surface area contributed by atoms with Gasteiger partial charge >= 0.3 is 0 Å². The fourth-order valence-electron chi connectivity index (χ4n) is 4.27. The second-order valence-electron chi connectivity index (χ2n) is 6.80. The van der Waals surface area contributed by atoms with E-state index >= 15 is 0 Å². The number of nitrogens with zero attached hydrogens (tertiary/aromatic N) is 2. The zero-order valence-electron chi connectivity index (χ0n) is 14.9. The van der Waals surface area contributed by atoms with Gasteiger partial charge in [-0.25, -0.2) is 0 Å². The van der Waals surface area contributed by atoms with Gasteiger partial charge in [0.15, 0.2) is 11.5 Å². The summed E-state index contributed by atoms with van der Waals surface area (Å²) in [6, 6.07) is 5.44. The van der Waals surface area contributed by atoms with E-state index < -0.39 is 0 Å². The molecular formula is C20H22N2O4. The number of rotatable bonds is 6. The van der Waals surface area contributed by atoms with Gasteiger partial charge in [0.05, 0.1) is 31.3 Å². The molecule has 4 unspecified atom stereocenters. The normalized spacial score (nSPS) is 29.1. The molecule has 1 saturated heterocycles. The van der Waals surface area contributed by atoms with Crippen molar-refractivity contribution in [3.63, 3.8) is 0 Å². The van der Waals surface area contributed by atoms with Crippen molar-refractivity contribution in [1.29, 1.82) is 0 Å². The lowest BCUT2D eigenvalue weighted by Crippen LogP contribution is -2.28. The zero-order chi connectivity index (χ0) is 18.3. The van der Waals surface area contributed by atoms with Crippen molar-refractivity contribution in [2.75, 3.05) is 13.2 Å². The average Bonchev–Trinajstić information content (AvgIpc) is 3.30. The molecule has 2 fully saturated rings. The smallest absolute Gasteiger partial charge is 0.254 e. The van der Waals surface area contributed by atoms with Crippen LogP contribution in [0.4, 0.5) is 0 Å². The Labute approximate surface area is 152 Å². The summed E-state index contributed by atoms with van der Waals surface area (Å²) in [6.45, 7) is 4.88. The SMILES string of the molecule is CCOc1ccc(C=NN2C(=O)C3C4C=CC(C4)C3C2=O)cc1OCC. The number of benzene rings is 1. The van der Waals surface area contributed by atoms with E-state index in [1.54, 1.807) is 6.07 Å². The maximum absolute atomic E-state index is 12.6. The fourth-order valence-corrected chi connectivity index (χ4v) is 4.27. The molecule has 26 heavy (non-hydrogen) atoms. The van der Waals surface area contributed by atoms with Crippen LogP contribution in [-0.2, 0) is 9.59 Å². The fraction of sp³-hybridized carbons (Fsp3) is 0.450. The Kier molecular flexibility index (Phi) is 4.26. The van der Waals surface area contributed by atoms with Crippen LogP contribution < -0.4 is 9.47 Å². The standard InChI is InChI=1S/C20H22N2O4/c1-3-25-15-8-5-12(9-16(15)26-4-2)11-21-22-19(23)17-13-6-7-14(10-13)18(17)20(22)24/h5-9,11,13-14,17-18H,3-4,10H2,1-2H3. The van der Waals surface area contributed by atoms with E-state index in [1.165, 1.54) is 6.21 Å². The van der Waals surface area contributed by atoms with Crippen LogP contribution in [-0.4, -0.2) is 36.3 Å². The van der Waals surface area contributed by atoms with E-state index in [9.17, 15) is 9.59 Å². The Morgan fingerprint density at radius 1 is 1.04 bits per heavy atom. The number of hydrazone groups is 1. The van der Waals surface area contributed by atoms with Gasteiger partial charge in [0.25, 0.3) is 11.8 Å². The molecule has 136 valence electrons. The van der Waals surface area contributed by atoms with E-state index in [0.29, 0.717) is 24.7 Å². The van der Waals surface area contributed by atoms with Crippen molar-refractivity contribution in [3.8, 4) is 11.5 Å². The molecule has 0 aromatic heterocycles. The number of carbonyl (C=O) groups is 2. The molecule has 1 heterocycles. The highest BCUT2D eigenvalue weighted by Gasteiger charge is 2.59. The molecule has 1 aromatic rings. The second kappa shape index (κ2) is 6.59. The minimum Gasteiger partial charge on any atom is -0.490 e. The summed E-state index contributed by atoms with van der Waals surface area (Å²) in [7, 11) is 0. The molecule has 0 radical (unpaired) electrons. The number of hydrogen-bond donors (Lipinski definition) is 0. The quantitative estimate of drug-likeness (QED) is 0.447. The Balaban J connectivity index is 1.54. The molecule has 4 atom stereocenters. The Hall–Kier alpha value is -2.63. The molecule has 2 amide bonds. The van der Waals surface area contributed by atoms with Crippen LogP contribution in [0.15, 0.2) is 35.5 Å². The van der Waals surface area contributed by atoms with Crippen LogP contribution in [0.2, 0.25) is 0 Å². The first-order valence-electron chi connectivity index (χ1n) is 9.13. The summed E-state index contributed by atoms with van der Waals surface area (Å²) < 4.78 is 11.1. The monoisotopic (exact) mass is 354 g/mol. The predicted molar refractivity (Wildman–Crippen MR) is 95.9 cm³/mol. The Bertz CT molecular complexity index is 771. The molecule has 0 N–H and O–H groups in total. The van der Waals surface area contributed by atoms with Gasteiger partial charge in [0, 0.05) is 0 Å². The number of hydrogen-bond acceptors (Lipinski definition) is 5. The maximum atomic E-state index is 12.6. The third-order valence-corrected chi connectivity index (χ3v) is 5.34. The first-order chi connectivity index (χ1) is 12.6. The molecule has 1 aliphatic heterocycles. The van der Waals surface area contributed by atoms with Crippen LogP contribution in [0, 0.1) is 23.7 Å². The second-order valence-corrected chi connectivity index (χ2v) is 6.80. The van der Waals surface area contributed by atoms with Gasteiger partial charge in [-0.15, -0.1) is 0 Å². The van der Waals surface area contributed by atoms with E-state index in [-0.39, 0.29) is 35.5 Å². The van der Waals surface area contributed by atoms with Crippen LogP contribution in [0.1, 0.15) is 25.8 Å². The van der Waals surface area contributed by atoms with Crippen molar-refractivity contribution >= 4 is 18.0 Å². The van der Waals surface area contributed by atoms with Crippen molar-refractivity contribution < 1.29 is 19.1 Å². The van der Waals surface area contributed by atoms with Crippen LogP contribution in [0.3, 0.4) is 0 Å². The molecule has 2 bridgehead atoms. The van der Waals surface area contributed by atoms with Crippen molar-refractivity contribution in [2.24, 2.45) is 28.8 Å². The number of fused-ring (bicyclic) bond motifs is 5. The van der Waals surface area contributed by atoms with E-state index in [1.807, 2.05) is 26.0 Å². The third kappa shape index (κ3) is 2.60. The highest BCUT2D eigenvalue weighted by molar-refractivity contribution is 6.06. The van der Waals surface area contributed by atoms with Crippen molar-refractivity contribution in [1.82, 2.24) is 5.01 Å². The number of amides is 2. The lowest BCUT2D eigenvalue weighted by molar-refractivity contribution is -0.140. The van der Waals surface area contributed by atoms with Crippen LogP contribution in [0.5, 0.6) is 11.5 Å². The number of ether oxygens (including phenoxy) is 2. The van der Waals surface area contributed by atoms with Crippen molar-refractivity contribution in [2.45, 2.75) is 20.3 Å². The number of carbonyl (C=O) groups excluding carboxylic acids is 2. The van der Waals surface area contributed by atoms with Gasteiger partial charge in [-0.2, -0.15) is 10.1 Å². The van der Waals surface area contributed by atoms with Gasteiger partial charge in [0.1, 0.15) is 0 Å². The highest BCUT2D eigenvalue weighted by atomic mass is 16.5. The summed E-state index contributed by atoms with van der Waals surface area (Å²) in [5.41, 5.74) is 0.746. The van der Waals surface area contributed by atoms with Crippen LogP contribution >= 0.6 is 0 Å². The van der Waals surface area contributed by atoms with Gasteiger partial charge in [-0.3, -0.25) is 9.59 Å². The van der Waals surface area contributed by atoms with E-state index in [4.69, 9.17) is 9.47 Å². The van der Waals surface area contributed by atoms with Gasteiger partial charge in [0.2, 0.25) is 0 Å². The van der Waals surface area contributed by atoms with E-state index in [2.05, 4.69) is 17.3 Å². The predicted octanol–water partition coefficient (Wildman–Crippen LogP) is 2.63. The molecule has 4 rings (SSSR count). The van der Waals surface area contributed by atoms with E-state index in [0.717, 1.165) is 17.0 Å². The molecule has 2 aliphatic carbocycles. The van der Waals surface area contributed by atoms with Gasteiger partial charge < -0.3 is 9.47 Å². The average molecular weight is 354 g/mol. The molecule has 3 aliphatic rings.